The molecule has 0 bridgehead atoms. The van der Waals surface area contributed by atoms with E-state index in [2.05, 4.69) is 0 Å². The fraction of sp³-hybridized carbons (Fsp3) is 0.421. The smallest absolute Gasteiger partial charge is 0.328 e. The number of carbonyl (C=O) groups is 1. The summed E-state index contributed by atoms with van der Waals surface area (Å²) in [7, 11) is 0. The summed E-state index contributed by atoms with van der Waals surface area (Å²) in [5.74, 6) is -0.985. The number of aliphatic hydroxyl groups is 3. The third kappa shape index (κ3) is 11.6. The molecule has 0 fully saturated rings. The number of carboxylic acid groups (broad SMARTS) is 1. The zero-order valence-electron chi connectivity index (χ0n) is 14.7. The van der Waals surface area contributed by atoms with Crippen molar-refractivity contribution < 1.29 is 25.2 Å². The first-order valence-electron chi connectivity index (χ1n) is 7.78. The van der Waals surface area contributed by atoms with E-state index in [-0.39, 0.29) is 6.42 Å². The Morgan fingerprint density at radius 1 is 0.958 bits per heavy atom. The highest BCUT2D eigenvalue weighted by Gasteiger charge is 2.15. The van der Waals surface area contributed by atoms with Gasteiger partial charge in [0, 0.05) is 12.5 Å². The Kier molecular flexibility index (Phi) is 10.6. The minimum absolute atomic E-state index is 0.113. The minimum Gasteiger partial charge on any atom is -0.478 e. The molecule has 0 heterocycles. The van der Waals surface area contributed by atoms with Crippen molar-refractivity contribution in [2.75, 3.05) is 0 Å². The number of rotatable bonds is 9. The summed E-state index contributed by atoms with van der Waals surface area (Å²) in [6.07, 6.45) is 8.85. The molecule has 0 radical (unpaired) electrons. The van der Waals surface area contributed by atoms with Crippen LogP contribution in [0, 0.1) is 0 Å². The Morgan fingerprint density at radius 2 is 1.58 bits per heavy atom. The molecule has 0 unspecified atom stereocenters. The van der Waals surface area contributed by atoms with Gasteiger partial charge in [-0.05, 0) is 27.7 Å². The van der Waals surface area contributed by atoms with Crippen LogP contribution < -0.4 is 0 Å². The highest BCUT2D eigenvalue weighted by Crippen LogP contribution is 2.08. The lowest BCUT2D eigenvalue weighted by Crippen LogP contribution is -2.27. The van der Waals surface area contributed by atoms with Gasteiger partial charge in [-0.2, -0.15) is 0 Å². The van der Waals surface area contributed by atoms with Crippen molar-refractivity contribution in [2.45, 2.75) is 52.4 Å². The van der Waals surface area contributed by atoms with Gasteiger partial charge in [0.1, 0.15) is 0 Å². The van der Waals surface area contributed by atoms with Gasteiger partial charge in [0.2, 0.25) is 0 Å². The highest BCUT2D eigenvalue weighted by molar-refractivity contribution is 5.80. The number of hydrogen-bond donors (Lipinski definition) is 4. The fourth-order valence-electron chi connectivity index (χ4n) is 1.93. The first kappa shape index (κ1) is 22.1. The Bertz CT molecular complexity index is 550. The Morgan fingerprint density at radius 3 is 2.12 bits per heavy atom. The van der Waals surface area contributed by atoms with E-state index in [1.165, 1.54) is 12.2 Å². The molecule has 0 amide bonds. The molecule has 0 aromatic rings. The van der Waals surface area contributed by atoms with E-state index in [0.29, 0.717) is 0 Å². The average Bonchev–Trinajstić information content (AvgIpc) is 2.44. The van der Waals surface area contributed by atoms with Crippen LogP contribution in [0.15, 0.2) is 59.3 Å². The summed E-state index contributed by atoms with van der Waals surface area (Å²) in [5.41, 5.74) is 2.55. The van der Waals surface area contributed by atoms with Gasteiger partial charge in [-0.15, -0.1) is 0 Å². The molecular formula is C19H28O5. The molecule has 0 aliphatic heterocycles. The lowest BCUT2D eigenvalue weighted by Gasteiger charge is -2.16. The van der Waals surface area contributed by atoms with E-state index in [1.54, 1.807) is 26.0 Å². The molecule has 0 aromatic heterocycles. The Hall–Kier alpha value is -1.95. The quantitative estimate of drug-likeness (QED) is 0.383. The molecule has 0 rings (SSSR count). The van der Waals surface area contributed by atoms with E-state index in [4.69, 9.17) is 5.11 Å². The van der Waals surface area contributed by atoms with E-state index in [0.717, 1.165) is 22.8 Å². The highest BCUT2D eigenvalue weighted by atomic mass is 16.4. The zero-order valence-corrected chi connectivity index (χ0v) is 14.7. The molecule has 5 nitrogen and oxygen atoms in total. The SMILES string of the molecule is CC(=C\C=C\C(C)=C\[C@H](O)[C@@H](O)C[C@H](C)O)/C=C(C)/C=C/C(=O)O. The maximum absolute atomic E-state index is 10.4. The van der Waals surface area contributed by atoms with Crippen molar-refractivity contribution in [3.8, 4) is 0 Å². The van der Waals surface area contributed by atoms with Crippen molar-refractivity contribution in [2.24, 2.45) is 0 Å². The normalized spacial score (nSPS) is 18.2. The summed E-state index contributed by atoms with van der Waals surface area (Å²) < 4.78 is 0. The topological polar surface area (TPSA) is 98.0 Å². The first-order chi connectivity index (χ1) is 11.1. The predicted octanol–water partition coefficient (Wildman–Crippen LogP) is 2.51. The standard InChI is InChI=1S/C19H28O5/c1-13(10-15(3)8-9-19(23)24)6-5-7-14(2)11-17(21)18(22)12-16(4)20/h5-11,16-18,20-22H,12H2,1-4H3,(H,23,24)/b7-5+,9-8+,13-6+,14-11+,15-10+/t16-,17-,18-/m0/s1. The fourth-order valence-corrected chi connectivity index (χ4v) is 1.93. The second-order valence-electron chi connectivity index (χ2n) is 5.88. The molecule has 0 aromatic carbocycles. The lowest BCUT2D eigenvalue weighted by molar-refractivity contribution is -0.131. The Balaban J connectivity index is 4.74. The molecular weight excluding hydrogens is 308 g/mol. The van der Waals surface area contributed by atoms with Crippen LogP contribution in [0.2, 0.25) is 0 Å². The van der Waals surface area contributed by atoms with Crippen LogP contribution >= 0.6 is 0 Å². The van der Waals surface area contributed by atoms with Crippen LogP contribution in [0.25, 0.3) is 0 Å². The van der Waals surface area contributed by atoms with Crippen molar-refractivity contribution in [1.29, 1.82) is 0 Å². The van der Waals surface area contributed by atoms with Crippen molar-refractivity contribution >= 4 is 5.97 Å². The molecule has 0 aliphatic carbocycles. The lowest BCUT2D eigenvalue weighted by atomic mass is 10.0. The van der Waals surface area contributed by atoms with Crippen LogP contribution in [-0.2, 0) is 4.79 Å². The van der Waals surface area contributed by atoms with E-state index < -0.39 is 24.3 Å². The summed E-state index contributed by atoms with van der Waals surface area (Å²) in [6.45, 7) is 7.06. The zero-order chi connectivity index (χ0) is 18.7. The van der Waals surface area contributed by atoms with Crippen LogP contribution in [0.1, 0.15) is 34.1 Å². The van der Waals surface area contributed by atoms with Gasteiger partial charge in [0.25, 0.3) is 0 Å². The maximum atomic E-state index is 10.4. The van der Waals surface area contributed by atoms with Crippen LogP contribution in [-0.4, -0.2) is 44.7 Å². The average molecular weight is 336 g/mol. The van der Waals surface area contributed by atoms with E-state index in [9.17, 15) is 20.1 Å². The number of allylic oxidation sites excluding steroid dienone is 8. The van der Waals surface area contributed by atoms with Gasteiger partial charge in [0.15, 0.2) is 0 Å². The monoisotopic (exact) mass is 336 g/mol. The van der Waals surface area contributed by atoms with Gasteiger partial charge in [-0.3, -0.25) is 0 Å². The number of hydrogen-bond acceptors (Lipinski definition) is 4. The summed E-state index contributed by atoms with van der Waals surface area (Å²) in [5, 5.41) is 37.3. The second kappa shape index (κ2) is 11.6. The number of carboxylic acids is 1. The molecule has 134 valence electrons. The van der Waals surface area contributed by atoms with E-state index >= 15 is 0 Å². The third-order valence-electron chi connectivity index (χ3n) is 3.07. The summed E-state index contributed by atoms with van der Waals surface area (Å²) in [4.78, 5) is 10.4. The molecule has 24 heavy (non-hydrogen) atoms. The van der Waals surface area contributed by atoms with Crippen molar-refractivity contribution in [1.82, 2.24) is 0 Å². The molecule has 0 aliphatic rings. The molecule has 0 saturated carbocycles. The minimum atomic E-state index is -1.03. The summed E-state index contributed by atoms with van der Waals surface area (Å²) in [6, 6.07) is 0. The van der Waals surface area contributed by atoms with Gasteiger partial charge < -0.3 is 20.4 Å². The summed E-state index contributed by atoms with van der Waals surface area (Å²) >= 11 is 0. The van der Waals surface area contributed by atoms with Crippen molar-refractivity contribution in [3.63, 3.8) is 0 Å². The molecule has 3 atom stereocenters. The molecule has 5 heteroatoms. The van der Waals surface area contributed by atoms with Gasteiger partial charge >= 0.3 is 5.97 Å². The predicted molar refractivity (Wildman–Crippen MR) is 95.5 cm³/mol. The van der Waals surface area contributed by atoms with Crippen LogP contribution in [0.3, 0.4) is 0 Å². The van der Waals surface area contributed by atoms with Gasteiger partial charge in [0.05, 0.1) is 18.3 Å². The van der Waals surface area contributed by atoms with Gasteiger partial charge in [-0.1, -0.05) is 53.2 Å². The molecule has 0 saturated heterocycles. The van der Waals surface area contributed by atoms with E-state index in [1.807, 2.05) is 26.0 Å². The Labute approximate surface area is 143 Å². The van der Waals surface area contributed by atoms with Crippen LogP contribution in [0.4, 0.5) is 0 Å². The maximum Gasteiger partial charge on any atom is 0.328 e. The van der Waals surface area contributed by atoms with Crippen LogP contribution in [0.5, 0.6) is 0 Å². The first-order valence-corrected chi connectivity index (χ1v) is 7.78. The molecule has 0 spiro atoms. The third-order valence-corrected chi connectivity index (χ3v) is 3.07. The largest absolute Gasteiger partial charge is 0.478 e. The van der Waals surface area contributed by atoms with Crippen molar-refractivity contribution in [3.05, 3.63) is 59.3 Å². The van der Waals surface area contributed by atoms with Gasteiger partial charge in [-0.25, -0.2) is 4.79 Å². The molecule has 4 N–H and O–H groups in total. The number of aliphatic carboxylic acids is 1. The number of aliphatic hydroxyl groups excluding tert-OH is 3. The second-order valence-corrected chi connectivity index (χ2v) is 5.88.